The molecule has 0 aromatic rings. The summed E-state index contributed by atoms with van der Waals surface area (Å²) in [5.74, 6) is 0. The second-order valence-electron chi connectivity index (χ2n) is 0.268. The predicted molar refractivity (Wildman–Crippen MR) is 25.1 cm³/mol. The third-order valence-electron chi connectivity index (χ3n) is 0. The Labute approximate surface area is 81.3 Å². The molecule has 0 atom stereocenters. The molecule has 0 rings (SSSR count). The zero-order valence-electron chi connectivity index (χ0n) is 3.79. The minimum absolute atomic E-state index is 0. The fraction of sp³-hybridized carbons (Fsp3) is 0. The van der Waals surface area contributed by atoms with Crippen LogP contribution in [0.5, 0.6) is 0 Å². The molecule has 0 bridgehead atoms. The van der Waals surface area contributed by atoms with Crippen LogP contribution in [0.1, 0.15) is 0 Å². The maximum Gasteiger partial charge on any atom is 0.324 e. The van der Waals surface area contributed by atoms with E-state index in [1.54, 1.807) is 0 Å². The molecule has 0 aromatic carbocycles. The largest absolute Gasteiger partial charge is 0.328 e. The molecule has 0 fully saturated rings. The molecule has 0 saturated carbocycles. The van der Waals surface area contributed by atoms with Crippen LogP contribution in [-0.2, 0) is 0 Å². The van der Waals surface area contributed by atoms with E-state index >= 15 is 0 Å². The van der Waals surface area contributed by atoms with Crippen LogP contribution in [0.2, 0.25) is 0 Å². The molecule has 0 saturated heterocycles. The first-order chi connectivity index (χ1) is 1.73. The molecule has 6 heavy (non-hydrogen) atoms. The van der Waals surface area contributed by atoms with Gasteiger partial charge in [-0.25, -0.2) is 0 Å². The van der Waals surface area contributed by atoms with E-state index in [1.165, 1.54) is 0 Å². The fourth-order valence-electron chi connectivity index (χ4n) is 0. The molecule has 0 aliphatic rings. The van der Waals surface area contributed by atoms with Crippen LogP contribution in [0, 0.1) is 0 Å². The quantitative estimate of drug-likeness (QED) is 0.273. The van der Waals surface area contributed by atoms with Crippen molar-refractivity contribution in [3.63, 3.8) is 0 Å². The van der Waals surface area contributed by atoms with Gasteiger partial charge in [-0.1, -0.05) is 0 Å². The van der Waals surface area contributed by atoms with E-state index < -0.39 is 8.60 Å². The van der Waals surface area contributed by atoms with Crippen LogP contribution in [0.4, 0.5) is 0 Å². The van der Waals surface area contributed by atoms with Gasteiger partial charge in [0.15, 0.2) is 0 Å². The van der Waals surface area contributed by atoms with Gasteiger partial charge in [0.25, 0.3) is 0 Å². The van der Waals surface area contributed by atoms with Gasteiger partial charge in [0.1, 0.15) is 0 Å². The molecule has 0 aliphatic carbocycles. The van der Waals surface area contributed by atoms with Crippen LogP contribution in [0.15, 0.2) is 0 Å². The summed E-state index contributed by atoms with van der Waals surface area (Å²) in [5, 5.41) is 0. The second-order valence-corrected chi connectivity index (χ2v) is 0.805. The molecular weight excluding hydrogens is 125 g/mol. The Kier molecular flexibility index (Phi) is 27.1. The Balaban J connectivity index is -0.0000000450. The monoisotopic (exact) mass is 128 g/mol. The molecule has 2 radical (unpaired) electrons. The number of hydrogen-bond donors (Lipinski definition) is 3. The Hall–Kier alpha value is 2.31. The standard InChI is InChI=1S/2Na.H3O3P/c;;1-4(2)3/h;;1-3H. The van der Waals surface area contributed by atoms with Crippen LogP contribution in [-0.4, -0.2) is 73.8 Å². The Morgan fingerprint density at radius 3 is 0.833 bits per heavy atom. The first-order valence-corrected chi connectivity index (χ1v) is 1.80. The molecule has 0 aliphatic heterocycles. The van der Waals surface area contributed by atoms with E-state index in [0.29, 0.717) is 0 Å². The zero-order chi connectivity index (χ0) is 3.58. The molecular formula is H3Na2O3P. The first-order valence-electron chi connectivity index (χ1n) is 0.600. The van der Waals surface area contributed by atoms with Gasteiger partial charge in [0, 0.05) is 59.1 Å². The first kappa shape index (κ1) is 15.7. The van der Waals surface area contributed by atoms with Gasteiger partial charge in [-0.15, -0.1) is 0 Å². The van der Waals surface area contributed by atoms with Crippen LogP contribution < -0.4 is 0 Å². The average molecular weight is 128 g/mol. The van der Waals surface area contributed by atoms with E-state index in [0.717, 1.165) is 0 Å². The summed E-state index contributed by atoms with van der Waals surface area (Å²) in [4.78, 5) is 21.7. The summed E-state index contributed by atoms with van der Waals surface area (Å²) >= 11 is 0. The van der Waals surface area contributed by atoms with E-state index in [1.807, 2.05) is 0 Å². The Morgan fingerprint density at radius 1 is 0.833 bits per heavy atom. The van der Waals surface area contributed by atoms with Crippen molar-refractivity contribution in [2.45, 2.75) is 0 Å². The maximum absolute atomic E-state index is 7.23. The van der Waals surface area contributed by atoms with Crippen LogP contribution in [0.25, 0.3) is 0 Å². The van der Waals surface area contributed by atoms with Crippen molar-refractivity contribution in [2.24, 2.45) is 0 Å². The van der Waals surface area contributed by atoms with E-state index in [-0.39, 0.29) is 59.1 Å². The SMILES string of the molecule is OP(O)O.[Na].[Na]. The summed E-state index contributed by atoms with van der Waals surface area (Å²) in [6, 6.07) is 0. The summed E-state index contributed by atoms with van der Waals surface area (Å²) in [5.41, 5.74) is 0. The predicted octanol–water partition coefficient (Wildman–Crippen LogP) is -1.57. The van der Waals surface area contributed by atoms with Crippen molar-refractivity contribution < 1.29 is 14.7 Å². The van der Waals surface area contributed by atoms with Crippen LogP contribution in [0.3, 0.4) is 0 Å². The topological polar surface area (TPSA) is 60.7 Å². The van der Waals surface area contributed by atoms with Gasteiger partial charge in [0.2, 0.25) is 0 Å². The van der Waals surface area contributed by atoms with Gasteiger partial charge in [-0.3, -0.25) is 0 Å². The van der Waals surface area contributed by atoms with E-state index in [4.69, 9.17) is 14.7 Å². The number of hydrogen-bond acceptors (Lipinski definition) is 3. The summed E-state index contributed by atoms with van der Waals surface area (Å²) in [7, 11) is -2.62. The fourth-order valence-corrected chi connectivity index (χ4v) is 0. The molecule has 0 aromatic heterocycles. The van der Waals surface area contributed by atoms with Crippen molar-refractivity contribution in [1.82, 2.24) is 0 Å². The zero-order valence-corrected chi connectivity index (χ0v) is 8.68. The van der Waals surface area contributed by atoms with Gasteiger partial charge in [-0.05, 0) is 0 Å². The van der Waals surface area contributed by atoms with Crippen molar-refractivity contribution in [1.29, 1.82) is 0 Å². The minimum atomic E-state index is -2.62. The van der Waals surface area contributed by atoms with Gasteiger partial charge >= 0.3 is 8.60 Å². The molecule has 0 unspecified atom stereocenters. The van der Waals surface area contributed by atoms with E-state index in [2.05, 4.69) is 0 Å². The molecule has 28 valence electrons. The normalized spacial score (nSPS) is 6.00. The molecule has 6 heteroatoms. The smallest absolute Gasteiger partial charge is 0.324 e. The molecule has 3 N–H and O–H groups in total. The molecule has 0 heterocycles. The Morgan fingerprint density at radius 2 is 0.833 bits per heavy atom. The average Bonchev–Trinajstić information content (AvgIpc) is 0.811. The maximum atomic E-state index is 7.23. The summed E-state index contributed by atoms with van der Waals surface area (Å²) < 4.78 is 0. The third-order valence-corrected chi connectivity index (χ3v) is 0. The van der Waals surface area contributed by atoms with Crippen molar-refractivity contribution in [3.05, 3.63) is 0 Å². The van der Waals surface area contributed by atoms with Crippen molar-refractivity contribution >= 4 is 67.7 Å². The molecule has 0 amide bonds. The van der Waals surface area contributed by atoms with Crippen LogP contribution >= 0.6 is 8.60 Å². The summed E-state index contributed by atoms with van der Waals surface area (Å²) in [6.45, 7) is 0. The third kappa shape index (κ3) is 33.3. The Bertz CT molecular complexity index is 13.5. The van der Waals surface area contributed by atoms with Gasteiger partial charge in [-0.2, -0.15) is 0 Å². The summed E-state index contributed by atoms with van der Waals surface area (Å²) in [6.07, 6.45) is 0. The van der Waals surface area contributed by atoms with Crippen molar-refractivity contribution in [2.75, 3.05) is 0 Å². The van der Waals surface area contributed by atoms with Crippen molar-refractivity contribution in [3.8, 4) is 0 Å². The minimum Gasteiger partial charge on any atom is -0.328 e. The van der Waals surface area contributed by atoms with Gasteiger partial charge < -0.3 is 14.7 Å². The van der Waals surface area contributed by atoms with E-state index in [9.17, 15) is 0 Å². The molecule has 3 nitrogen and oxygen atoms in total. The van der Waals surface area contributed by atoms with Gasteiger partial charge in [0.05, 0.1) is 0 Å². The second kappa shape index (κ2) is 10.3. The molecule has 0 spiro atoms. The number of rotatable bonds is 0.